The lowest BCUT2D eigenvalue weighted by Crippen LogP contribution is -2.33. The number of benzene rings is 2. The molecule has 3 aromatic rings. The van der Waals surface area contributed by atoms with Crippen LogP contribution in [0.15, 0.2) is 30.3 Å². The van der Waals surface area contributed by atoms with E-state index in [0.29, 0.717) is 13.0 Å². The number of nitro groups is 1. The number of hydrogen-bond donors (Lipinski definition) is 0. The van der Waals surface area contributed by atoms with Gasteiger partial charge in [0.1, 0.15) is 11.3 Å². The largest absolute Gasteiger partial charge is 0.309 e. The van der Waals surface area contributed by atoms with Gasteiger partial charge in [0, 0.05) is 24.7 Å². The lowest BCUT2D eigenvalue weighted by atomic mass is 10.1. The number of carbonyl (C=O) groups is 1. The maximum atomic E-state index is 14.1. The Kier molecular flexibility index (Phi) is 6.59. The van der Waals surface area contributed by atoms with Crippen molar-refractivity contribution in [3.8, 4) is 0 Å². The zero-order valence-corrected chi connectivity index (χ0v) is 17.6. The Morgan fingerprint density at radius 2 is 1.97 bits per heavy atom. The molecule has 0 saturated carbocycles. The Bertz CT molecular complexity index is 1120. The third kappa shape index (κ3) is 4.72. The molecule has 0 unspecified atom stereocenters. The minimum absolute atomic E-state index is 0.0431. The van der Waals surface area contributed by atoms with Crippen molar-refractivity contribution in [2.75, 3.05) is 32.1 Å². The van der Waals surface area contributed by atoms with Crippen LogP contribution in [0.1, 0.15) is 16.8 Å². The predicted octanol–water partition coefficient (Wildman–Crippen LogP) is 4.73. The van der Waals surface area contributed by atoms with E-state index in [1.54, 1.807) is 0 Å². The van der Waals surface area contributed by atoms with Crippen LogP contribution < -0.4 is 4.90 Å². The molecule has 7 nitrogen and oxygen atoms in total. The molecule has 1 amide bonds. The number of halogens is 3. The monoisotopic (exact) mass is 454 g/mol. The van der Waals surface area contributed by atoms with Gasteiger partial charge >= 0.3 is 0 Å². The Morgan fingerprint density at radius 1 is 1.23 bits per heavy atom. The quantitative estimate of drug-likeness (QED) is 0.380. The number of non-ortho nitro benzene ring substituents is 1. The summed E-state index contributed by atoms with van der Waals surface area (Å²) in [6, 6.07) is 5.44. The van der Waals surface area contributed by atoms with E-state index < -0.39 is 22.5 Å². The highest BCUT2D eigenvalue weighted by Crippen LogP contribution is 2.33. The van der Waals surface area contributed by atoms with Crippen LogP contribution in [0.3, 0.4) is 0 Å². The molecule has 0 spiro atoms. The minimum Gasteiger partial charge on any atom is -0.309 e. The van der Waals surface area contributed by atoms with Crippen molar-refractivity contribution >= 4 is 49.9 Å². The van der Waals surface area contributed by atoms with Gasteiger partial charge in [-0.3, -0.25) is 19.8 Å². The summed E-state index contributed by atoms with van der Waals surface area (Å²) in [7, 11) is 3.75. The summed E-state index contributed by atoms with van der Waals surface area (Å²) in [4.78, 5) is 31.1. The van der Waals surface area contributed by atoms with E-state index in [4.69, 9.17) is 11.6 Å². The van der Waals surface area contributed by atoms with Gasteiger partial charge in [-0.05, 0) is 39.2 Å². The molecule has 0 fully saturated rings. The fraction of sp³-hybridized carbons (Fsp3) is 0.263. The van der Waals surface area contributed by atoms with Crippen LogP contribution in [0.5, 0.6) is 0 Å². The highest BCUT2D eigenvalue weighted by atomic mass is 35.5. The molecule has 0 aliphatic heterocycles. The first-order valence-electron chi connectivity index (χ1n) is 8.83. The molecular weight excluding hydrogens is 438 g/mol. The summed E-state index contributed by atoms with van der Waals surface area (Å²) in [5, 5.41) is 11.3. The van der Waals surface area contributed by atoms with Crippen LogP contribution in [0.4, 0.5) is 19.6 Å². The van der Waals surface area contributed by atoms with Gasteiger partial charge in [-0.15, -0.1) is 0 Å². The molecule has 0 atom stereocenters. The van der Waals surface area contributed by atoms with Crippen molar-refractivity contribution in [3.63, 3.8) is 0 Å². The zero-order chi connectivity index (χ0) is 22.0. The third-order valence-corrected chi connectivity index (χ3v) is 5.61. The van der Waals surface area contributed by atoms with E-state index in [2.05, 4.69) is 4.98 Å². The van der Waals surface area contributed by atoms with Gasteiger partial charge in [0.05, 0.1) is 20.2 Å². The lowest BCUT2D eigenvalue weighted by Gasteiger charge is -2.21. The number of rotatable bonds is 7. The molecule has 0 radical (unpaired) electrons. The second kappa shape index (κ2) is 8.99. The average Bonchev–Trinajstić information content (AvgIpc) is 3.08. The van der Waals surface area contributed by atoms with Crippen LogP contribution in [0.2, 0.25) is 5.02 Å². The summed E-state index contributed by atoms with van der Waals surface area (Å²) in [5.74, 6) is -2.19. The SMILES string of the molecule is CN(C)CCCN(C(=O)c1cc([N+](=O)[O-])ccc1Cl)c1nc2c(F)cc(F)cc2s1. The molecule has 0 aliphatic carbocycles. The summed E-state index contributed by atoms with van der Waals surface area (Å²) in [6.07, 6.45) is 0.554. The molecule has 0 saturated heterocycles. The van der Waals surface area contributed by atoms with E-state index in [0.717, 1.165) is 29.5 Å². The zero-order valence-electron chi connectivity index (χ0n) is 16.1. The molecule has 1 heterocycles. The van der Waals surface area contributed by atoms with Gasteiger partial charge in [-0.1, -0.05) is 22.9 Å². The summed E-state index contributed by atoms with van der Waals surface area (Å²) in [6.45, 7) is 0.861. The Labute approximate surface area is 179 Å². The van der Waals surface area contributed by atoms with Gasteiger partial charge in [0.25, 0.3) is 11.6 Å². The smallest absolute Gasteiger partial charge is 0.270 e. The van der Waals surface area contributed by atoms with Crippen LogP contribution in [-0.2, 0) is 0 Å². The highest BCUT2D eigenvalue weighted by Gasteiger charge is 2.25. The van der Waals surface area contributed by atoms with Crippen molar-refractivity contribution in [3.05, 3.63) is 62.7 Å². The molecular formula is C19H17ClF2N4O3S. The first kappa shape index (κ1) is 22.0. The topological polar surface area (TPSA) is 79.6 Å². The molecule has 11 heteroatoms. The average molecular weight is 455 g/mol. The van der Waals surface area contributed by atoms with E-state index >= 15 is 0 Å². The Hall–Kier alpha value is -2.69. The van der Waals surface area contributed by atoms with E-state index in [1.807, 2.05) is 19.0 Å². The van der Waals surface area contributed by atoms with Crippen LogP contribution >= 0.6 is 22.9 Å². The minimum atomic E-state index is -0.832. The number of hydrogen-bond acceptors (Lipinski definition) is 6. The van der Waals surface area contributed by atoms with Crippen LogP contribution in [0, 0.1) is 21.7 Å². The normalized spacial score (nSPS) is 11.3. The number of amides is 1. The van der Waals surface area contributed by atoms with Gasteiger partial charge in [0.15, 0.2) is 10.9 Å². The number of thiazole rings is 1. The van der Waals surface area contributed by atoms with Crippen molar-refractivity contribution in [1.82, 2.24) is 9.88 Å². The number of aromatic nitrogens is 1. The highest BCUT2D eigenvalue weighted by molar-refractivity contribution is 7.22. The Balaban J connectivity index is 2.05. The molecule has 0 N–H and O–H groups in total. The van der Waals surface area contributed by atoms with Crippen molar-refractivity contribution < 1.29 is 18.5 Å². The fourth-order valence-corrected chi connectivity index (χ4v) is 4.05. The predicted molar refractivity (Wildman–Crippen MR) is 112 cm³/mol. The van der Waals surface area contributed by atoms with E-state index in [1.165, 1.54) is 17.0 Å². The molecule has 158 valence electrons. The maximum Gasteiger partial charge on any atom is 0.270 e. The molecule has 30 heavy (non-hydrogen) atoms. The summed E-state index contributed by atoms with van der Waals surface area (Å²) < 4.78 is 27.9. The van der Waals surface area contributed by atoms with Gasteiger partial charge in [-0.25, -0.2) is 13.8 Å². The molecule has 1 aromatic heterocycles. The Morgan fingerprint density at radius 3 is 2.63 bits per heavy atom. The van der Waals surface area contributed by atoms with Crippen molar-refractivity contribution in [2.24, 2.45) is 0 Å². The number of nitro benzene ring substituents is 1. The standard InChI is InChI=1S/C19H17ClF2N4O3S/c1-24(2)6-3-7-25(18(27)13-10-12(26(28)29)4-5-14(13)20)19-23-17-15(22)8-11(21)9-16(17)30-19/h4-5,8-10H,3,6-7H2,1-2H3. The molecule has 3 rings (SSSR count). The second-order valence-corrected chi connectivity index (χ2v) is 8.18. The summed E-state index contributed by atoms with van der Waals surface area (Å²) in [5.41, 5.74) is -0.401. The van der Waals surface area contributed by atoms with Crippen LogP contribution in [0.25, 0.3) is 10.2 Å². The fourth-order valence-electron chi connectivity index (χ4n) is 2.83. The van der Waals surface area contributed by atoms with Gasteiger partial charge < -0.3 is 4.90 Å². The van der Waals surface area contributed by atoms with E-state index in [-0.39, 0.29) is 38.2 Å². The first-order chi connectivity index (χ1) is 14.2. The summed E-state index contributed by atoms with van der Waals surface area (Å²) >= 11 is 7.09. The first-order valence-corrected chi connectivity index (χ1v) is 10.0. The lowest BCUT2D eigenvalue weighted by molar-refractivity contribution is -0.384. The van der Waals surface area contributed by atoms with E-state index in [9.17, 15) is 23.7 Å². The van der Waals surface area contributed by atoms with Gasteiger partial charge in [-0.2, -0.15) is 0 Å². The van der Waals surface area contributed by atoms with Crippen molar-refractivity contribution in [1.29, 1.82) is 0 Å². The number of carbonyl (C=O) groups excluding carboxylic acids is 1. The molecule has 0 bridgehead atoms. The number of nitrogens with zero attached hydrogens (tertiary/aromatic N) is 4. The maximum absolute atomic E-state index is 14.1. The number of fused-ring (bicyclic) bond motifs is 1. The number of anilines is 1. The van der Waals surface area contributed by atoms with Crippen molar-refractivity contribution in [2.45, 2.75) is 6.42 Å². The van der Waals surface area contributed by atoms with Gasteiger partial charge in [0.2, 0.25) is 0 Å². The molecule has 0 aliphatic rings. The molecule has 2 aromatic carbocycles. The second-order valence-electron chi connectivity index (χ2n) is 6.77. The van der Waals surface area contributed by atoms with Crippen LogP contribution in [-0.4, -0.2) is 47.9 Å². The third-order valence-electron chi connectivity index (χ3n) is 4.26.